The lowest BCUT2D eigenvalue weighted by molar-refractivity contribution is -0.119. The second-order valence-electron chi connectivity index (χ2n) is 8.39. The minimum absolute atomic E-state index is 0.0184. The van der Waals surface area contributed by atoms with Crippen LogP contribution in [-0.2, 0) is 16.1 Å². The van der Waals surface area contributed by atoms with Crippen LogP contribution in [-0.4, -0.2) is 37.4 Å². The highest BCUT2D eigenvalue weighted by atomic mass is 16.3. The molecule has 6 heteroatoms. The standard InChI is InChI=1S/C28H21N3O3/c32-13-12-30-16-21(19-7-1-3-9-23(19)30)27-25(33)14-26(34)28(27)22-17-31(18-6-5-11-29-15-18)24-10-4-2-8-20(22)24/h1-11,15-17,32H,12-14H2. The summed E-state index contributed by atoms with van der Waals surface area (Å²) in [7, 11) is 0. The van der Waals surface area contributed by atoms with Gasteiger partial charge < -0.3 is 14.2 Å². The highest BCUT2D eigenvalue weighted by Crippen LogP contribution is 2.42. The van der Waals surface area contributed by atoms with E-state index >= 15 is 0 Å². The van der Waals surface area contributed by atoms with Crippen molar-refractivity contribution in [2.75, 3.05) is 6.61 Å². The molecular formula is C28H21N3O3. The summed E-state index contributed by atoms with van der Waals surface area (Å²) in [5.74, 6) is -0.349. The van der Waals surface area contributed by atoms with E-state index < -0.39 is 0 Å². The molecule has 0 spiro atoms. The van der Waals surface area contributed by atoms with Crippen LogP contribution >= 0.6 is 0 Å². The number of Topliss-reactive ketones (excluding diaryl/α,β-unsaturated/α-hetero) is 2. The molecule has 0 radical (unpaired) electrons. The van der Waals surface area contributed by atoms with E-state index in [2.05, 4.69) is 4.98 Å². The van der Waals surface area contributed by atoms with Crippen molar-refractivity contribution in [3.8, 4) is 5.69 Å². The molecule has 0 aliphatic heterocycles. The second kappa shape index (κ2) is 7.93. The molecule has 0 saturated carbocycles. The van der Waals surface area contributed by atoms with Crippen LogP contribution in [0.1, 0.15) is 17.5 Å². The van der Waals surface area contributed by atoms with E-state index in [1.165, 1.54) is 0 Å². The van der Waals surface area contributed by atoms with Crippen LogP contribution in [0.2, 0.25) is 0 Å². The fourth-order valence-corrected chi connectivity index (χ4v) is 5.00. The molecule has 2 aromatic carbocycles. The van der Waals surface area contributed by atoms with E-state index in [1.54, 1.807) is 12.4 Å². The maximum Gasteiger partial charge on any atom is 0.172 e. The predicted octanol–water partition coefficient (Wildman–Crippen LogP) is 4.43. The number of benzene rings is 2. The number of aromatic nitrogens is 3. The first kappa shape index (κ1) is 20.3. The zero-order valence-corrected chi connectivity index (χ0v) is 18.3. The molecule has 1 N–H and O–H groups in total. The number of nitrogens with zero attached hydrogens (tertiary/aromatic N) is 3. The van der Waals surface area contributed by atoms with Crippen LogP contribution in [0.4, 0.5) is 0 Å². The number of pyridine rings is 1. The van der Waals surface area contributed by atoms with Crippen molar-refractivity contribution in [1.82, 2.24) is 14.1 Å². The number of allylic oxidation sites excluding steroid dienone is 2. The molecule has 3 aromatic heterocycles. The maximum atomic E-state index is 13.3. The van der Waals surface area contributed by atoms with Crippen LogP contribution in [0, 0.1) is 0 Å². The summed E-state index contributed by atoms with van der Waals surface area (Å²) in [6.07, 6.45) is 7.16. The molecule has 6 rings (SSSR count). The van der Waals surface area contributed by atoms with Gasteiger partial charge in [0.05, 0.1) is 30.4 Å². The fourth-order valence-electron chi connectivity index (χ4n) is 5.00. The van der Waals surface area contributed by atoms with E-state index in [0.717, 1.165) is 38.6 Å². The van der Waals surface area contributed by atoms with Gasteiger partial charge in [-0.2, -0.15) is 0 Å². The van der Waals surface area contributed by atoms with Crippen LogP contribution in [0.5, 0.6) is 0 Å². The number of fused-ring (bicyclic) bond motifs is 2. The first-order valence-electron chi connectivity index (χ1n) is 11.2. The van der Waals surface area contributed by atoms with Gasteiger partial charge in [0.15, 0.2) is 11.6 Å². The van der Waals surface area contributed by atoms with E-state index in [9.17, 15) is 14.7 Å². The van der Waals surface area contributed by atoms with E-state index in [4.69, 9.17) is 0 Å². The summed E-state index contributed by atoms with van der Waals surface area (Å²) in [5.41, 5.74) is 5.11. The predicted molar refractivity (Wildman–Crippen MR) is 132 cm³/mol. The fraction of sp³-hybridized carbons (Fsp3) is 0.107. The highest BCUT2D eigenvalue weighted by molar-refractivity contribution is 6.52. The number of aliphatic hydroxyl groups is 1. The number of aliphatic hydroxyl groups excluding tert-OH is 1. The van der Waals surface area contributed by atoms with Crippen molar-refractivity contribution in [2.24, 2.45) is 0 Å². The summed E-state index contributed by atoms with van der Waals surface area (Å²) in [6, 6.07) is 19.5. The first-order chi connectivity index (χ1) is 16.7. The average molecular weight is 447 g/mol. The minimum atomic E-state index is -0.176. The SMILES string of the molecule is O=C1CC(=O)C(c2cn(-c3cccnc3)c3ccccc23)=C1c1cn(CCO)c2ccccc12. The summed E-state index contributed by atoms with van der Waals surface area (Å²) in [4.78, 5) is 30.8. The molecule has 0 atom stereocenters. The number of rotatable bonds is 5. The molecule has 34 heavy (non-hydrogen) atoms. The van der Waals surface area contributed by atoms with E-state index in [0.29, 0.717) is 17.7 Å². The zero-order chi connectivity index (χ0) is 23.2. The van der Waals surface area contributed by atoms with Crippen molar-refractivity contribution in [1.29, 1.82) is 0 Å². The third-order valence-corrected chi connectivity index (χ3v) is 6.43. The minimum Gasteiger partial charge on any atom is -0.395 e. The van der Waals surface area contributed by atoms with Crippen LogP contribution in [0.3, 0.4) is 0 Å². The molecule has 0 unspecified atom stereocenters. The van der Waals surface area contributed by atoms with Gasteiger partial charge in [0, 0.05) is 63.7 Å². The second-order valence-corrected chi connectivity index (χ2v) is 8.39. The number of hydrogen-bond acceptors (Lipinski definition) is 4. The third-order valence-electron chi connectivity index (χ3n) is 6.43. The van der Waals surface area contributed by atoms with Crippen LogP contribution in [0.25, 0.3) is 38.6 Å². The van der Waals surface area contributed by atoms with Gasteiger partial charge in [-0.25, -0.2) is 0 Å². The van der Waals surface area contributed by atoms with Crippen molar-refractivity contribution in [3.63, 3.8) is 0 Å². The molecular weight excluding hydrogens is 426 g/mol. The van der Waals surface area contributed by atoms with Crippen molar-refractivity contribution in [3.05, 3.63) is 96.6 Å². The van der Waals surface area contributed by atoms with Gasteiger partial charge in [0.2, 0.25) is 0 Å². The Morgan fingerprint density at radius 3 is 2.12 bits per heavy atom. The molecule has 6 nitrogen and oxygen atoms in total. The maximum absolute atomic E-state index is 13.3. The Hall–Kier alpha value is -4.29. The lowest BCUT2D eigenvalue weighted by Crippen LogP contribution is -2.00. The molecule has 5 aromatic rings. The summed E-state index contributed by atoms with van der Waals surface area (Å²) < 4.78 is 3.94. The Morgan fingerprint density at radius 2 is 1.44 bits per heavy atom. The normalized spacial score (nSPS) is 14.1. The number of para-hydroxylation sites is 2. The van der Waals surface area contributed by atoms with E-state index in [-0.39, 0.29) is 24.6 Å². The monoisotopic (exact) mass is 447 g/mol. The molecule has 1 aliphatic carbocycles. The molecule has 0 saturated heterocycles. The highest BCUT2D eigenvalue weighted by Gasteiger charge is 2.35. The van der Waals surface area contributed by atoms with Crippen LogP contribution < -0.4 is 0 Å². The topological polar surface area (TPSA) is 77.1 Å². The molecule has 0 bridgehead atoms. The molecule has 0 fully saturated rings. The summed E-state index contributed by atoms with van der Waals surface area (Å²) in [6.45, 7) is 0.390. The van der Waals surface area contributed by atoms with Gasteiger partial charge in [-0.05, 0) is 24.3 Å². The Labute approximate surface area is 195 Å². The Kier molecular flexibility index (Phi) is 4.74. The van der Waals surface area contributed by atoms with Crippen molar-refractivity contribution < 1.29 is 14.7 Å². The van der Waals surface area contributed by atoms with Gasteiger partial charge >= 0.3 is 0 Å². The summed E-state index contributed by atoms with van der Waals surface area (Å²) >= 11 is 0. The van der Waals surface area contributed by atoms with Crippen molar-refractivity contribution >= 4 is 44.5 Å². The van der Waals surface area contributed by atoms with Crippen molar-refractivity contribution in [2.45, 2.75) is 13.0 Å². The largest absolute Gasteiger partial charge is 0.395 e. The Balaban J connectivity index is 1.66. The number of ketones is 2. The molecule has 1 aliphatic rings. The van der Waals surface area contributed by atoms with E-state index in [1.807, 2.05) is 82.2 Å². The van der Waals surface area contributed by atoms with Gasteiger partial charge in [-0.1, -0.05) is 36.4 Å². The van der Waals surface area contributed by atoms with Gasteiger partial charge in [-0.15, -0.1) is 0 Å². The zero-order valence-electron chi connectivity index (χ0n) is 18.3. The number of carbonyl (C=O) groups is 2. The molecule has 166 valence electrons. The third kappa shape index (κ3) is 3.03. The number of carbonyl (C=O) groups excluding carboxylic acids is 2. The lowest BCUT2D eigenvalue weighted by atomic mass is 9.95. The average Bonchev–Trinajstić information content (AvgIpc) is 3.51. The smallest absolute Gasteiger partial charge is 0.172 e. The summed E-state index contributed by atoms with van der Waals surface area (Å²) in [5, 5.41) is 11.3. The molecule has 0 amide bonds. The van der Waals surface area contributed by atoms with Gasteiger partial charge in [0.25, 0.3) is 0 Å². The van der Waals surface area contributed by atoms with Crippen LogP contribution in [0.15, 0.2) is 85.5 Å². The first-order valence-corrected chi connectivity index (χ1v) is 11.2. The van der Waals surface area contributed by atoms with Gasteiger partial charge in [-0.3, -0.25) is 14.6 Å². The Bertz CT molecular complexity index is 1620. The lowest BCUT2D eigenvalue weighted by Gasteiger charge is -2.05. The Morgan fingerprint density at radius 1 is 0.794 bits per heavy atom. The molecule has 3 heterocycles. The quantitative estimate of drug-likeness (QED) is 0.405. The number of hydrogen-bond donors (Lipinski definition) is 1. The van der Waals surface area contributed by atoms with Gasteiger partial charge in [0.1, 0.15) is 0 Å².